The van der Waals surface area contributed by atoms with Crippen LogP contribution in [0, 0.1) is 0 Å². The van der Waals surface area contributed by atoms with E-state index in [1.54, 1.807) is 18.7 Å². The number of alkyl halides is 6. The van der Waals surface area contributed by atoms with E-state index in [0.29, 0.717) is 11.4 Å². The molecule has 2 aromatic rings. The van der Waals surface area contributed by atoms with Crippen LogP contribution >= 0.6 is 12.4 Å². The molecule has 0 radical (unpaired) electrons. The van der Waals surface area contributed by atoms with Crippen molar-refractivity contribution in [2.24, 2.45) is 0 Å². The molecule has 0 amide bonds. The van der Waals surface area contributed by atoms with Crippen LogP contribution in [0.5, 0.6) is 0 Å². The molecule has 0 fully saturated rings. The van der Waals surface area contributed by atoms with Gasteiger partial charge in [-0.15, -0.1) is 12.4 Å². The van der Waals surface area contributed by atoms with Crippen molar-refractivity contribution < 1.29 is 26.3 Å². The second-order valence-electron chi connectivity index (χ2n) is 5.55. The fourth-order valence-electron chi connectivity index (χ4n) is 2.37. The first-order valence-corrected chi connectivity index (χ1v) is 7.14. The van der Waals surface area contributed by atoms with Crippen LogP contribution < -0.4 is 4.90 Å². The summed E-state index contributed by atoms with van der Waals surface area (Å²) in [6.07, 6.45) is -8.87. The Bertz CT molecular complexity index is 617. The third kappa shape index (κ3) is 5.04. The van der Waals surface area contributed by atoms with Gasteiger partial charge in [0.25, 0.3) is 0 Å². The van der Waals surface area contributed by atoms with Gasteiger partial charge in [0.2, 0.25) is 0 Å². The Morgan fingerprint density at radius 3 is 1.12 bits per heavy atom. The molecule has 0 aliphatic carbocycles. The molecular weight excluding hydrogens is 368 g/mol. The molecule has 0 saturated heterocycles. The second kappa shape index (κ2) is 7.56. The van der Waals surface area contributed by atoms with Gasteiger partial charge in [0.05, 0.1) is 11.1 Å². The van der Waals surface area contributed by atoms with Crippen molar-refractivity contribution in [2.75, 3.05) is 4.90 Å². The Morgan fingerprint density at radius 1 is 0.640 bits per heavy atom. The maximum absolute atomic E-state index is 12.6. The van der Waals surface area contributed by atoms with Gasteiger partial charge in [0.15, 0.2) is 0 Å². The zero-order chi connectivity index (χ0) is 18.1. The van der Waals surface area contributed by atoms with Crippen LogP contribution in [0.3, 0.4) is 0 Å². The first-order chi connectivity index (χ1) is 11.0. The zero-order valence-electron chi connectivity index (χ0n) is 13.3. The molecule has 25 heavy (non-hydrogen) atoms. The summed E-state index contributed by atoms with van der Waals surface area (Å²) in [4.78, 5) is 1.67. The van der Waals surface area contributed by atoms with Gasteiger partial charge in [0, 0.05) is 17.4 Å². The predicted octanol–water partition coefficient (Wildman–Crippen LogP) is 6.69. The zero-order valence-corrected chi connectivity index (χ0v) is 14.1. The molecule has 2 aromatic carbocycles. The van der Waals surface area contributed by atoms with E-state index in [4.69, 9.17) is 0 Å². The van der Waals surface area contributed by atoms with Crippen molar-refractivity contribution in [1.82, 2.24) is 0 Å². The molecule has 8 heteroatoms. The van der Waals surface area contributed by atoms with Gasteiger partial charge >= 0.3 is 12.4 Å². The highest BCUT2D eigenvalue weighted by Crippen LogP contribution is 2.35. The van der Waals surface area contributed by atoms with Crippen molar-refractivity contribution in [1.29, 1.82) is 0 Å². The average molecular weight is 384 g/mol. The van der Waals surface area contributed by atoms with E-state index < -0.39 is 23.5 Å². The molecule has 138 valence electrons. The molecule has 0 unspecified atom stereocenters. The lowest BCUT2D eigenvalue weighted by Crippen LogP contribution is -2.25. The molecule has 0 aliphatic rings. The third-order valence-electron chi connectivity index (χ3n) is 3.46. The maximum Gasteiger partial charge on any atom is 0.416 e. The van der Waals surface area contributed by atoms with Crippen molar-refractivity contribution in [2.45, 2.75) is 32.2 Å². The van der Waals surface area contributed by atoms with Crippen LogP contribution in [0.1, 0.15) is 25.0 Å². The van der Waals surface area contributed by atoms with Crippen LogP contribution in [-0.4, -0.2) is 6.04 Å². The SMILES string of the molecule is CC(C)N(c1ccc(C(F)(F)F)cc1)c1ccc(C(F)(F)F)cc1.Cl. The van der Waals surface area contributed by atoms with Crippen molar-refractivity contribution >= 4 is 23.8 Å². The van der Waals surface area contributed by atoms with E-state index in [1.165, 1.54) is 24.3 Å². The van der Waals surface area contributed by atoms with Crippen LogP contribution in [0.4, 0.5) is 37.7 Å². The fraction of sp³-hybridized carbons (Fsp3) is 0.294. The Labute approximate surface area is 147 Å². The Kier molecular flexibility index (Phi) is 6.39. The fourth-order valence-corrected chi connectivity index (χ4v) is 2.37. The van der Waals surface area contributed by atoms with E-state index in [-0.39, 0.29) is 18.4 Å². The molecule has 0 spiro atoms. The highest BCUT2D eigenvalue weighted by atomic mass is 35.5. The van der Waals surface area contributed by atoms with E-state index in [9.17, 15) is 26.3 Å². The number of halogens is 7. The lowest BCUT2D eigenvalue weighted by Gasteiger charge is -2.29. The molecule has 0 saturated carbocycles. The lowest BCUT2D eigenvalue weighted by atomic mass is 10.1. The Balaban J connectivity index is 0.00000312. The monoisotopic (exact) mass is 383 g/mol. The lowest BCUT2D eigenvalue weighted by molar-refractivity contribution is -0.138. The van der Waals surface area contributed by atoms with Crippen molar-refractivity contribution in [3.8, 4) is 0 Å². The van der Waals surface area contributed by atoms with Crippen LogP contribution in [0.15, 0.2) is 48.5 Å². The minimum absolute atomic E-state index is 0. The Hall–Kier alpha value is -1.89. The van der Waals surface area contributed by atoms with Crippen LogP contribution in [0.25, 0.3) is 0 Å². The van der Waals surface area contributed by atoms with Crippen molar-refractivity contribution in [3.05, 3.63) is 59.7 Å². The summed E-state index contributed by atoms with van der Waals surface area (Å²) in [5, 5.41) is 0. The summed E-state index contributed by atoms with van der Waals surface area (Å²) in [6.45, 7) is 3.60. The summed E-state index contributed by atoms with van der Waals surface area (Å²) in [5.74, 6) is 0. The highest BCUT2D eigenvalue weighted by molar-refractivity contribution is 5.85. The van der Waals surface area contributed by atoms with Crippen LogP contribution in [-0.2, 0) is 12.4 Å². The summed E-state index contributed by atoms with van der Waals surface area (Å²) in [7, 11) is 0. The maximum atomic E-state index is 12.6. The average Bonchev–Trinajstić information content (AvgIpc) is 2.46. The number of nitrogens with zero attached hydrogens (tertiary/aromatic N) is 1. The standard InChI is InChI=1S/C17H15F6N.ClH/c1-11(2)24(14-7-3-12(4-8-14)16(18,19)20)15-9-5-13(6-10-15)17(21,22)23;/h3-11H,1-2H3;1H. The van der Waals surface area contributed by atoms with E-state index in [0.717, 1.165) is 24.3 Å². The quantitative estimate of drug-likeness (QED) is 0.533. The number of anilines is 2. The number of hydrogen-bond donors (Lipinski definition) is 0. The molecule has 0 heterocycles. The smallest absolute Gasteiger partial charge is 0.339 e. The van der Waals surface area contributed by atoms with Gasteiger partial charge in [-0.25, -0.2) is 0 Å². The van der Waals surface area contributed by atoms with Gasteiger partial charge < -0.3 is 4.90 Å². The van der Waals surface area contributed by atoms with Gasteiger partial charge in [-0.1, -0.05) is 0 Å². The summed E-state index contributed by atoms with van der Waals surface area (Å²) in [6, 6.07) is 8.88. The number of benzene rings is 2. The molecule has 1 nitrogen and oxygen atoms in total. The molecular formula is C17H16ClF6N. The minimum atomic E-state index is -4.43. The largest absolute Gasteiger partial charge is 0.416 e. The van der Waals surface area contributed by atoms with Gasteiger partial charge in [-0.3, -0.25) is 0 Å². The summed E-state index contributed by atoms with van der Waals surface area (Å²) in [5.41, 5.74) is -0.611. The van der Waals surface area contributed by atoms with Crippen molar-refractivity contribution in [3.63, 3.8) is 0 Å². The Morgan fingerprint density at radius 2 is 0.920 bits per heavy atom. The molecule has 0 aliphatic heterocycles. The molecule has 0 aromatic heterocycles. The molecule has 2 rings (SSSR count). The number of hydrogen-bond acceptors (Lipinski definition) is 1. The van der Waals surface area contributed by atoms with Gasteiger partial charge in [-0.2, -0.15) is 26.3 Å². The van der Waals surface area contributed by atoms with Gasteiger partial charge in [0.1, 0.15) is 0 Å². The summed E-state index contributed by atoms with van der Waals surface area (Å²) < 4.78 is 75.8. The minimum Gasteiger partial charge on any atom is -0.339 e. The highest BCUT2D eigenvalue weighted by Gasteiger charge is 2.31. The third-order valence-corrected chi connectivity index (χ3v) is 3.46. The predicted molar refractivity (Wildman–Crippen MR) is 87.4 cm³/mol. The van der Waals surface area contributed by atoms with E-state index in [1.807, 2.05) is 0 Å². The second-order valence-corrected chi connectivity index (χ2v) is 5.55. The van der Waals surface area contributed by atoms with E-state index >= 15 is 0 Å². The normalized spacial score (nSPS) is 12.0. The number of rotatable bonds is 3. The molecule has 0 N–H and O–H groups in total. The topological polar surface area (TPSA) is 3.24 Å². The van der Waals surface area contributed by atoms with Crippen LogP contribution in [0.2, 0.25) is 0 Å². The summed E-state index contributed by atoms with van der Waals surface area (Å²) >= 11 is 0. The first kappa shape index (κ1) is 21.2. The molecule has 0 bridgehead atoms. The molecule has 0 atom stereocenters. The first-order valence-electron chi connectivity index (χ1n) is 7.14. The van der Waals surface area contributed by atoms with Gasteiger partial charge in [-0.05, 0) is 62.4 Å². The van der Waals surface area contributed by atoms with E-state index in [2.05, 4.69) is 0 Å².